The molecule has 0 saturated carbocycles. The molecule has 2 rings (SSSR count). The third kappa shape index (κ3) is 3.13. The van der Waals surface area contributed by atoms with Gasteiger partial charge in [-0.15, -0.1) is 0 Å². The second kappa shape index (κ2) is 6.76. The molecule has 0 amide bonds. The average molecular weight is 292 g/mol. The molecule has 0 spiro atoms. The van der Waals surface area contributed by atoms with Crippen LogP contribution in [0.1, 0.15) is 24.2 Å². The molecular weight excluding hydrogens is 272 g/mol. The normalized spacial score (nSPS) is 14.0. The van der Waals surface area contributed by atoms with Crippen molar-refractivity contribution in [2.24, 2.45) is 12.8 Å². The first-order chi connectivity index (χ1) is 9.67. The second-order valence-electron chi connectivity index (χ2n) is 4.52. The van der Waals surface area contributed by atoms with Gasteiger partial charge in [0.05, 0.1) is 12.4 Å². The molecule has 1 aromatic heterocycles. The number of aromatic nitrogens is 3. The zero-order chi connectivity index (χ0) is 14.5. The molecule has 2 atom stereocenters. The summed E-state index contributed by atoms with van der Waals surface area (Å²) in [4.78, 5) is 4.27. The number of benzene rings is 1. The molecule has 108 valence electrons. The molecule has 0 radical (unpaired) electrons. The SMILES string of the molecule is CCC(N)C(Sc1ncnn1C)c1ccccc1OC. The van der Waals surface area contributed by atoms with Crippen molar-refractivity contribution < 1.29 is 4.74 Å². The predicted octanol–water partition coefficient (Wildman–Crippen LogP) is 2.39. The fourth-order valence-electron chi connectivity index (χ4n) is 2.00. The maximum absolute atomic E-state index is 6.31. The van der Waals surface area contributed by atoms with E-state index in [0.717, 1.165) is 22.9 Å². The van der Waals surface area contributed by atoms with Gasteiger partial charge in [-0.2, -0.15) is 5.10 Å². The van der Waals surface area contributed by atoms with E-state index in [1.807, 2.05) is 25.2 Å². The van der Waals surface area contributed by atoms with Crippen molar-refractivity contribution in [1.29, 1.82) is 0 Å². The highest BCUT2D eigenvalue weighted by Crippen LogP contribution is 2.40. The van der Waals surface area contributed by atoms with Crippen molar-refractivity contribution in [3.8, 4) is 5.75 Å². The smallest absolute Gasteiger partial charge is 0.186 e. The molecule has 2 aromatic rings. The third-order valence-corrected chi connectivity index (χ3v) is 4.65. The molecule has 0 saturated heterocycles. The highest BCUT2D eigenvalue weighted by atomic mass is 32.2. The van der Waals surface area contributed by atoms with Gasteiger partial charge in [-0.25, -0.2) is 9.67 Å². The van der Waals surface area contributed by atoms with Crippen molar-refractivity contribution in [2.45, 2.75) is 29.8 Å². The molecule has 2 unspecified atom stereocenters. The van der Waals surface area contributed by atoms with Crippen LogP contribution in [0.4, 0.5) is 0 Å². The van der Waals surface area contributed by atoms with Crippen LogP contribution in [0.15, 0.2) is 35.7 Å². The Morgan fingerprint density at radius 1 is 1.40 bits per heavy atom. The Kier molecular flexibility index (Phi) is 5.03. The first-order valence-electron chi connectivity index (χ1n) is 6.56. The van der Waals surface area contributed by atoms with Gasteiger partial charge >= 0.3 is 0 Å². The molecule has 0 bridgehead atoms. The van der Waals surface area contributed by atoms with E-state index in [4.69, 9.17) is 10.5 Å². The summed E-state index contributed by atoms with van der Waals surface area (Å²) in [5, 5.41) is 5.04. The Balaban J connectivity index is 2.35. The zero-order valence-corrected chi connectivity index (χ0v) is 12.8. The topological polar surface area (TPSA) is 66.0 Å². The zero-order valence-electron chi connectivity index (χ0n) is 12.0. The summed E-state index contributed by atoms with van der Waals surface area (Å²) in [6.45, 7) is 2.09. The minimum absolute atomic E-state index is 0.0213. The lowest BCUT2D eigenvalue weighted by Gasteiger charge is -2.24. The van der Waals surface area contributed by atoms with E-state index in [0.29, 0.717) is 0 Å². The maximum atomic E-state index is 6.31. The van der Waals surface area contributed by atoms with E-state index in [2.05, 4.69) is 23.1 Å². The van der Waals surface area contributed by atoms with Crippen molar-refractivity contribution >= 4 is 11.8 Å². The van der Waals surface area contributed by atoms with E-state index < -0.39 is 0 Å². The second-order valence-corrected chi connectivity index (χ2v) is 5.63. The van der Waals surface area contributed by atoms with Crippen LogP contribution in [0.3, 0.4) is 0 Å². The van der Waals surface area contributed by atoms with Gasteiger partial charge in [-0.3, -0.25) is 0 Å². The lowest BCUT2D eigenvalue weighted by Crippen LogP contribution is -2.26. The molecule has 5 nitrogen and oxygen atoms in total. The van der Waals surface area contributed by atoms with Crippen LogP contribution in [0.5, 0.6) is 5.75 Å². The van der Waals surface area contributed by atoms with Crippen molar-refractivity contribution in [1.82, 2.24) is 14.8 Å². The number of hydrogen-bond acceptors (Lipinski definition) is 5. The maximum Gasteiger partial charge on any atom is 0.186 e. The standard InChI is InChI=1S/C14H20N4OS/c1-4-11(15)13(20-14-16-9-17-18(14)2)10-7-5-6-8-12(10)19-3/h5-9,11,13H,4,15H2,1-3H3. The summed E-state index contributed by atoms with van der Waals surface area (Å²) in [7, 11) is 3.56. The number of nitrogens with two attached hydrogens (primary N) is 1. The van der Waals surface area contributed by atoms with Crippen LogP contribution >= 0.6 is 11.8 Å². The van der Waals surface area contributed by atoms with E-state index in [9.17, 15) is 0 Å². The van der Waals surface area contributed by atoms with Crippen molar-refractivity contribution in [3.63, 3.8) is 0 Å². The summed E-state index contributed by atoms with van der Waals surface area (Å²) in [5.74, 6) is 0.857. The van der Waals surface area contributed by atoms with Crippen molar-refractivity contribution in [2.75, 3.05) is 7.11 Å². The Morgan fingerprint density at radius 3 is 2.75 bits per heavy atom. The molecular formula is C14H20N4OS. The number of hydrogen-bond donors (Lipinski definition) is 1. The number of aryl methyl sites for hydroxylation is 1. The number of para-hydroxylation sites is 1. The highest BCUT2D eigenvalue weighted by molar-refractivity contribution is 7.99. The quantitative estimate of drug-likeness (QED) is 0.828. The summed E-state index contributed by atoms with van der Waals surface area (Å²) >= 11 is 1.62. The fraction of sp³-hybridized carbons (Fsp3) is 0.429. The van der Waals surface area contributed by atoms with Gasteiger partial charge in [0.25, 0.3) is 0 Å². The van der Waals surface area contributed by atoms with Gasteiger partial charge in [0.15, 0.2) is 5.16 Å². The van der Waals surface area contributed by atoms with E-state index in [1.54, 1.807) is 29.9 Å². The molecule has 0 aliphatic rings. The lowest BCUT2D eigenvalue weighted by atomic mass is 10.0. The molecule has 20 heavy (non-hydrogen) atoms. The summed E-state index contributed by atoms with van der Waals surface area (Å²) in [5.41, 5.74) is 7.40. The van der Waals surface area contributed by atoms with Crippen LogP contribution in [0.2, 0.25) is 0 Å². The van der Waals surface area contributed by atoms with Gasteiger partial charge in [-0.05, 0) is 12.5 Å². The molecule has 0 aliphatic carbocycles. The first kappa shape index (κ1) is 14.9. The average Bonchev–Trinajstić information content (AvgIpc) is 2.89. The van der Waals surface area contributed by atoms with E-state index in [-0.39, 0.29) is 11.3 Å². The molecule has 1 heterocycles. The highest BCUT2D eigenvalue weighted by Gasteiger charge is 2.24. The number of nitrogens with zero attached hydrogens (tertiary/aromatic N) is 3. The van der Waals surface area contributed by atoms with E-state index in [1.165, 1.54) is 0 Å². The molecule has 1 aromatic carbocycles. The van der Waals surface area contributed by atoms with Crippen LogP contribution in [-0.2, 0) is 7.05 Å². The molecule has 6 heteroatoms. The number of methoxy groups -OCH3 is 1. The number of rotatable bonds is 6. The van der Waals surface area contributed by atoms with Crippen LogP contribution < -0.4 is 10.5 Å². The fourth-order valence-corrected chi connectivity index (χ4v) is 3.23. The van der Waals surface area contributed by atoms with Gasteiger partial charge in [0.2, 0.25) is 0 Å². The van der Waals surface area contributed by atoms with E-state index >= 15 is 0 Å². The van der Waals surface area contributed by atoms with Gasteiger partial charge in [-0.1, -0.05) is 36.9 Å². The van der Waals surface area contributed by atoms with Crippen LogP contribution in [0, 0.1) is 0 Å². The van der Waals surface area contributed by atoms with Gasteiger partial charge in [0.1, 0.15) is 12.1 Å². The summed E-state index contributed by atoms with van der Waals surface area (Å²) in [6, 6.07) is 8.01. The molecule has 2 N–H and O–H groups in total. The number of ether oxygens (including phenoxy) is 1. The summed E-state index contributed by atoms with van der Waals surface area (Å²) in [6.07, 6.45) is 2.44. The predicted molar refractivity (Wildman–Crippen MR) is 80.9 cm³/mol. The van der Waals surface area contributed by atoms with Gasteiger partial charge in [0, 0.05) is 18.7 Å². The number of thioether (sulfide) groups is 1. The Morgan fingerprint density at radius 2 is 2.15 bits per heavy atom. The largest absolute Gasteiger partial charge is 0.496 e. The first-order valence-corrected chi connectivity index (χ1v) is 7.44. The monoisotopic (exact) mass is 292 g/mol. The molecule has 0 fully saturated rings. The Labute approximate surface area is 123 Å². The van der Waals surface area contributed by atoms with Crippen LogP contribution in [0.25, 0.3) is 0 Å². The van der Waals surface area contributed by atoms with Crippen molar-refractivity contribution in [3.05, 3.63) is 36.2 Å². The van der Waals surface area contributed by atoms with Gasteiger partial charge < -0.3 is 10.5 Å². The Bertz CT molecular complexity index is 558. The molecule has 0 aliphatic heterocycles. The lowest BCUT2D eigenvalue weighted by molar-refractivity contribution is 0.407. The Hall–Kier alpha value is -1.53. The minimum atomic E-state index is 0.0213. The van der Waals surface area contributed by atoms with Crippen LogP contribution in [-0.4, -0.2) is 27.9 Å². The minimum Gasteiger partial charge on any atom is -0.496 e. The summed E-state index contributed by atoms with van der Waals surface area (Å²) < 4.78 is 7.22. The third-order valence-electron chi connectivity index (χ3n) is 3.21.